The van der Waals surface area contributed by atoms with Gasteiger partial charge in [0, 0.05) is 5.69 Å². The number of anilines is 1. The van der Waals surface area contributed by atoms with E-state index < -0.39 is 5.82 Å². The van der Waals surface area contributed by atoms with Gasteiger partial charge < -0.3 is 20.1 Å². The summed E-state index contributed by atoms with van der Waals surface area (Å²) in [5, 5.41) is 5.51. The fourth-order valence-corrected chi connectivity index (χ4v) is 3.01. The molecule has 0 spiro atoms. The quantitative estimate of drug-likeness (QED) is 0.745. The van der Waals surface area contributed by atoms with Crippen LogP contribution in [0.2, 0.25) is 0 Å². The SMILES string of the molecule is C[C@H](NC(=O)CN(C)CC(=O)Nc1cccc(F)c1)c1ccc2c(c1)OCCO2. The first-order chi connectivity index (χ1) is 13.9. The summed E-state index contributed by atoms with van der Waals surface area (Å²) in [5.74, 6) is 0.395. The van der Waals surface area contributed by atoms with Crippen molar-refractivity contribution in [3.05, 3.63) is 53.8 Å². The first-order valence-electron chi connectivity index (χ1n) is 9.33. The van der Waals surface area contributed by atoms with Crippen LogP contribution < -0.4 is 20.1 Å². The van der Waals surface area contributed by atoms with Crippen LogP contribution in [0.15, 0.2) is 42.5 Å². The fourth-order valence-electron chi connectivity index (χ4n) is 3.01. The molecule has 0 unspecified atom stereocenters. The smallest absolute Gasteiger partial charge is 0.238 e. The van der Waals surface area contributed by atoms with Crippen LogP contribution in [-0.2, 0) is 9.59 Å². The third-order valence-electron chi connectivity index (χ3n) is 4.38. The highest BCUT2D eigenvalue weighted by molar-refractivity contribution is 5.92. The summed E-state index contributed by atoms with van der Waals surface area (Å²) in [6.07, 6.45) is 0. The van der Waals surface area contributed by atoms with Crippen molar-refractivity contribution in [2.75, 3.05) is 38.7 Å². The normalized spacial score (nSPS) is 13.7. The molecule has 2 aromatic rings. The average Bonchev–Trinajstić information content (AvgIpc) is 2.67. The van der Waals surface area contributed by atoms with Gasteiger partial charge in [-0.2, -0.15) is 0 Å². The molecule has 2 amide bonds. The van der Waals surface area contributed by atoms with Gasteiger partial charge in [-0.25, -0.2) is 4.39 Å². The van der Waals surface area contributed by atoms with Gasteiger partial charge in [-0.05, 0) is 49.9 Å². The number of rotatable bonds is 7. The zero-order chi connectivity index (χ0) is 20.8. The van der Waals surface area contributed by atoms with Crippen LogP contribution in [0.1, 0.15) is 18.5 Å². The van der Waals surface area contributed by atoms with Crippen molar-refractivity contribution in [3.63, 3.8) is 0 Å². The summed E-state index contributed by atoms with van der Waals surface area (Å²) in [4.78, 5) is 26.0. The van der Waals surface area contributed by atoms with E-state index in [-0.39, 0.29) is 30.9 Å². The van der Waals surface area contributed by atoms with Crippen LogP contribution >= 0.6 is 0 Å². The number of ether oxygens (including phenoxy) is 2. The minimum absolute atomic E-state index is 0.00232. The molecule has 29 heavy (non-hydrogen) atoms. The summed E-state index contributed by atoms with van der Waals surface area (Å²) >= 11 is 0. The summed E-state index contributed by atoms with van der Waals surface area (Å²) in [7, 11) is 1.67. The number of fused-ring (bicyclic) bond motifs is 1. The minimum Gasteiger partial charge on any atom is -0.486 e. The van der Waals surface area contributed by atoms with Gasteiger partial charge in [0.1, 0.15) is 19.0 Å². The van der Waals surface area contributed by atoms with E-state index in [4.69, 9.17) is 9.47 Å². The van der Waals surface area contributed by atoms with Crippen molar-refractivity contribution in [1.29, 1.82) is 0 Å². The lowest BCUT2D eigenvalue weighted by Crippen LogP contribution is -2.39. The van der Waals surface area contributed by atoms with Crippen LogP contribution in [0.5, 0.6) is 11.5 Å². The van der Waals surface area contributed by atoms with Crippen LogP contribution in [0, 0.1) is 5.82 Å². The third kappa shape index (κ3) is 5.92. The Balaban J connectivity index is 1.47. The van der Waals surface area contributed by atoms with Crippen molar-refractivity contribution in [1.82, 2.24) is 10.2 Å². The van der Waals surface area contributed by atoms with Gasteiger partial charge in [0.05, 0.1) is 19.1 Å². The molecule has 0 saturated carbocycles. The zero-order valence-corrected chi connectivity index (χ0v) is 16.4. The maximum atomic E-state index is 13.2. The van der Waals surface area contributed by atoms with E-state index in [1.807, 2.05) is 25.1 Å². The number of nitrogens with zero attached hydrogens (tertiary/aromatic N) is 1. The third-order valence-corrected chi connectivity index (χ3v) is 4.38. The Hall–Kier alpha value is -3.13. The number of carbonyl (C=O) groups excluding carboxylic acids is 2. The minimum atomic E-state index is -0.427. The molecule has 154 valence electrons. The highest BCUT2D eigenvalue weighted by atomic mass is 19.1. The predicted octanol–water partition coefficient (Wildman–Crippen LogP) is 2.34. The number of halogens is 1. The van der Waals surface area contributed by atoms with Crippen molar-refractivity contribution >= 4 is 17.5 Å². The van der Waals surface area contributed by atoms with E-state index in [1.54, 1.807) is 18.0 Å². The molecule has 8 heteroatoms. The van der Waals surface area contributed by atoms with Gasteiger partial charge in [0.25, 0.3) is 0 Å². The Kier molecular flexibility index (Phi) is 6.66. The van der Waals surface area contributed by atoms with Crippen LogP contribution in [0.25, 0.3) is 0 Å². The Morgan fingerprint density at radius 3 is 2.55 bits per heavy atom. The molecular formula is C21H24FN3O4. The second-order valence-corrected chi connectivity index (χ2v) is 6.92. The average molecular weight is 401 g/mol. The molecule has 0 saturated heterocycles. The topological polar surface area (TPSA) is 79.9 Å². The molecule has 0 radical (unpaired) electrons. The lowest BCUT2D eigenvalue weighted by atomic mass is 10.1. The number of benzene rings is 2. The Labute approximate surface area is 168 Å². The molecule has 0 bridgehead atoms. The number of hydrogen-bond donors (Lipinski definition) is 2. The van der Waals surface area contributed by atoms with Gasteiger partial charge in [-0.15, -0.1) is 0 Å². The highest BCUT2D eigenvalue weighted by Crippen LogP contribution is 2.32. The Bertz CT molecular complexity index is 890. The number of amides is 2. The second kappa shape index (κ2) is 9.38. The molecule has 2 aromatic carbocycles. The molecule has 3 rings (SSSR count). The van der Waals surface area contributed by atoms with E-state index in [0.717, 1.165) is 5.56 Å². The monoisotopic (exact) mass is 401 g/mol. The van der Waals surface area contributed by atoms with Gasteiger partial charge >= 0.3 is 0 Å². The number of likely N-dealkylation sites (N-methyl/N-ethyl adjacent to an activating group) is 1. The number of hydrogen-bond acceptors (Lipinski definition) is 5. The standard InChI is InChI=1S/C21H24FN3O4/c1-14(15-6-7-18-19(10-15)29-9-8-28-18)23-20(26)12-25(2)13-21(27)24-17-5-3-4-16(22)11-17/h3-7,10-11,14H,8-9,12-13H2,1-2H3,(H,23,26)(H,24,27)/t14-/m0/s1. The lowest BCUT2D eigenvalue weighted by Gasteiger charge is -2.22. The van der Waals surface area contributed by atoms with E-state index in [0.29, 0.717) is 30.4 Å². The molecule has 2 N–H and O–H groups in total. The van der Waals surface area contributed by atoms with E-state index >= 15 is 0 Å². The van der Waals surface area contributed by atoms with Gasteiger partial charge in [-0.3, -0.25) is 14.5 Å². The summed E-state index contributed by atoms with van der Waals surface area (Å²) in [6.45, 7) is 2.95. The first-order valence-corrected chi connectivity index (χ1v) is 9.33. The molecule has 0 aliphatic carbocycles. The van der Waals surface area contributed by atoms with Crippen molar-refractivity contribution in [2.45, 2.75) is 13.0 Å². The predicted molar refractivity (Wildman–Crippen MR) is 107 cm³/mol. The van der Waals surface area contributed by atoms with Crippen molar-refractivity contribution in [2.24, 2.45) is 0 Å². The maximum Gasteiger partial charge on any atom is 0.238 e. The first kappa shape index (κ1) is 20.6. The molecule has 0 fully saturated rings. The van der Waals surface area contributed by atoms with Crippen molar-refractivity contribution in [3.8, 4) is 11.5 Å². The molecule has 1 aliphatic rings. The van der Waals surface area contributed by atoms with Crippen LogP contribution in [0.4, 0.5) is 10.1 Å². The molecule has 7 nitrogen and oxygen atoms in total. The van der Waals surface area contributed by atoms with Crippen LogP contribution in [0.3, 0.4) is 0 Å². The number of nitrogens with one attached hydrogen (secondary N) is 2. The van der Waals surface area contributed by atoms with Crippen molar-refractivity contribution < 1.29 is 23.5 Å². The zero-order valence-electron chi connectivity index (χ0n) is 16.4. The molecule has 1 heterocycles. The Morgan fingerprint density at radius 1 is 1.07 bits per heavy atom. The second-order valence-electron chi connectivity index (χ2n) is 6.92. The maximum absolute atomic E-state index is 13.2. The molecule has 0 aromatic heterocycles. The largest absolute Gasteiger partial charge is 0.486 e. The number of carbonyl (C=O) groups is 2. The summed E-state index contributed by atoms with van der Waals surface area (Å²) < 4.78 is 24.2. The fraction of sp³-hybridized carbons (Fsp3) is 0.333. The highest BCUT2D eigenvalue weighted by Gasteiger charge is 2.17. The van der Waals surface area contributed by atoms with E-state index in [2.05, 4.69) is 10.6 Å². The molecule has 1 aliphatic heterocycles. The molecule has 1 atom stereocenters. The van der Waals surface area contributed by atoms with Gasteiger partial charge in [0.15, 0.2) is 11.5 Å². The van der Waals surface area contributed by atoms with E-state index in [9.17, 15) is 14.0 Å². The van der Waals surface area contributed by atoms with Gasteiger partial charge in [0.2, 0.25) is 11.8 Å². The Morgan fingerprint density at radius 2 is 1.79 bits per heavy atom. The van der Waals surface area contributed by atoms with E-state index in [1.165, 1.54) is 18.2 Å². The van der Waals surface area contributed by atoms with Crippen LogP contribution in [-0.4, -0.2) is 50.1 Å². The summed E-state index contributed by atoms with van der Waals surface area (Å²) in [5.41, 5.74) is 1.27. The summed E-state index contributed by atoms with van der Waals surface area (Å²) in [6, 6.07) is 11.0. The molecular weight excluding hydrogens is 377 g/mol. The lowest BCUT2D eigenvalue weighted by molar-refractivity contribution is -0.123. The van der Waals surface area contributed by atoms with Gasteiger partial charge in [-0.1, -0.05) is 12.1 Å².